The standard InChI is InChI=1S/C17H17FO2S/c1-13(19)20-17(15-7-9-16(18)10-8-15)12-21-11-14-5-3-2-4-6-14/h2-10,17H,11-12H2,1H3. The Morgan fingerprint density at radius 1 is 1.14 bits per heavy atom. The average Bonchev–Trinajstić information content (AvgIpc) is 2.48. The van der Waals surface area contributed by atoms with Crippen LogP contribution in [0.25, 0.3) is 0 Å². The topological polar surface area (TPSA) is 26.3 Å². The first-order valence-corrected chi connectivity index (χ1v) is 7.85. The van der Waals surface area contributed by atoms with Gasteiger partial charge < -0.3 is 4.74 Å². The van der Waals surface area contributed by atoms with Crippen LogP contribution in [0.15, 0.2) is 54.6 Å². The van der Waals surface area contributed by atoms with Crippen molar-refractivity contribution in [1.29, 1.82) is 0 Å². The molecule has 0 amide bonds. The van der Waals surface area contributed by atoms with Crippen LogP contribution >= 0.6 is 11.8 Å². The van der Waals surface area contributed by atoms with Crippen molar-refractivity contribution in [3.63, 3.8) is 0 Å². The van der Waals surface area contributed by atoms with E-state index in [1.165, 1.54) is 24.6 Å². The van der Waals surface area contributed by atoms with Crippen LogP contribution in [0.2, 0.25) is 0 Å². The summed E-state index contributed by atoms with van der Waals surface area (Å²) >= 11 is 1.68. The molecule has 1 unspecified atom stereocenters. The van der Waals surface area contributed by atoms with Crippen LogP contribution in [-0.2, 0) is 15.3 Å². The number of hydrogen-bond donors (Lipinski definition) is 0. The summed E-state index contributed by atoms with van der Waals surface area (Å²) in [5.74, 6) is 0.863. The van der Waals surface area contributed by atoms with E-state index in [9.17, 15) is 9.18 Å². The van der Waals surface area contributed by atoms with Crippen molar-refractivity contribution in [3.05, 3.63) is 71.5 Å². The van der Waals surface area contributed by atoms with E-state index in [1.807, 2.05) is 18.2 Å². The van der Waals surface area contributed by atoms with Crippen LogP contribution in [0.3, 0.4) is 0 Å². The number of ether oxygens (including phenoxy) is 1. The highest BCUT2D eigenvalue weighted by Crippen LogP contribution is 2.25. The van der Waals surface area contributed by atoms with Gasteiger partial charge in [0.15, 0.2) is 0 Å². The summed E-state index contributed by atoms with van der Waals surface area (Å²) in [7, 11) is 0. The van der Waals surface area contributed by atoms with E-state index in [0.29, 0.717) is 5.75 Å². The lowest BCUT2D eigenvalue weighted by atomic mass is 10.1. The molecule has 0 aliphatic rings. The van der Waals surface area contributed by atoms with Crippen molar-refractivity contribution in [2.75, 3.05) is 5.75 Å². The Balaban J connectivity index is 1.96. The fourth-order valence-electron chi connectivity index (χ4n) is 1.93. The van der Waals surface area contributed by atoms with Gasteiger partial charge in [-0.15, -0.1) is 0 Å². The molecule has 21 heavy (non-hydrogen) atoms. The van der Waals surface area contributed by atoms with Crippen LogP contribution in [0.4, 0.5) is 4.39 Å². The Labute approximate surface area is 128 Å². The molecule has 0 saturated carbocycles. The van der Waals surface area contributed by atoms with E-state index in [4.69, 9.17) is 4.74 Å². The van der Waals surface area contributed by atoms with Gasteiger partial charge in [-0.2, -0.15) is 11.8 Å². The van der Waals surface area contributed by atoms with E-state index >= 15 is 0 Å². The minimum Gasteiger partial charge on any atom is -0.457 e. The number of rotatable bonds is 6. The van der Waals surface area contributed by atoms with E-state index in [2.05, 4.69) is 12.1 Å². The largest absolute Gasteiger partial charge is 0.457 e. The SMILES string of the molecule is CC(=O)OC(CSCc1ccccc1)c1ccc(F)cc1. The maximum Gasteiger partial charge on any atom is 0.303 e. The van der Waals surface area contributed by atoms with Gasteiger partial charge in [-0.3, -0.25) is 4.79 Å². The first kappa shape index (κ1) is 15.6. The summed E-state index contributed by atoms with van der Waals surface area (Å²) in [4.78, 5) is 11.2. The van der Waals surface area contributed by atoms with Crippen LogP contribution in [0, 0.1) is 5.82 Å². The van der Waals surface area contributed by atoms with Crippen molar-refractivity contribution in [2.45, 2.75) is 18.8 Å². The third-order valence-electron chi connectivity index (χ3n) is 2.93. The number of benzene rings is 2. The van der Waals surface area contributed by atoms with E-state index in [1.54, 1.807) is 23.9 Å². The number of halogens is 1. The minimum atomic E-state index is -0.350. The first-order chi connectivity index (χ1) is 10.1. The van der Waals surface area contributed by atoms with Gasteiger partial charge in [-0.05, 0) is 23.3 Å². The summed E-state index contributed by atoms with van der Waals surface area (Å²) in [5, 5.41) is 0. The summed E-state index contributed by atoms with van der Waals surface area (Å²) in [6.45, 7) is 1.39. The second-order valence-electron chi connectivity index (χ2n) is 4.65. The maximum atomic E-state index is 13.0. The summed E-state index contributed by atoms with van der Waals surface area (Å²) in [6.07, 6.45) is -0.350. The minimum absolute atomic E-state index is 0.294. The fourth-order valence-corrected chi connectivity index (χ4v) is 2.95. The van der Waals surface area contributed by atoms with E-state index < -0.39 is 0 Å². The molecule has 0 N–H and O–H groups in total. The molecule has 0 radical (unpaired) electrons. The van der Waals surface area contributed by atoms with Gasteiger partial charge in [0.1, 0.15) is 11.9 Å². The van der Waals surface area contributed by atoms with Crippen molar-refractivity contribution in [2.24, 2.45) is 0 Å². The fraction of sp³-hybridized carbons (Fsp3) is 0.235. The van der Waals surface area contributed by atoms with Crippen LogP contribution < -0.4 is 0 Å². The number of hydrogen-bond acceptors (Lipinski definition) is 3. The average molecular weight is 304 g/mol. The van der Waals surface area contributed by atoms with E-state index in [-0.39, 0.29) is 17.9 Å². The molecule has 0 fully saturated rings. The molecule has 2 rings (SSSR count). The monoisotopic (exact) mass is 304 g/mol. The Morgan fingerprint density at radius 3 is 2.43 bits per heavy atom. The Bertz CT molecular complexity index is 569. The highest BCUT2D eigenvalue weighted by molar-refractivity contribution is 7.98. The Morgan fingerprint density at radius 2 is 1.81 bits per heavy atom. The molecule has 0 spiro atoms. The van der Waals surface area contributed by atoms with Gasteiger partial charge in [0, 0.05) is 18.4 Å². The number of esters is 1. The second-order valence-corrected chi connectivity index (χ2v) is 5.68. The molecule has 2 aromatic carbocycles. The lowest BCUT2D eigenvalue weighted by Crippen LogP contribution is -2.11. The van der Waals surface area contributed by atoms with Crippen molar-refractivity contribution < 1.29 is 13.9 Å². The van der Waals surface area contributed by atoms with Crippen LogP contribution in [0.5, 0.6) is 0 Å². The first-order valence-electron chi connectivity index (χ1n) is 6.69. The predicted octanol–water partition coefficient (Wildman–Crippen LogP) is 4.36. The highest BCUT2D eigenvalue weighted by Gasteiger charge is 2.15. The van der Waals surface area contributed by atoms with Crippen molar-refractivity contribution in [3.8, 4) is 0 Å². The molecule has 0 heterocycles. The molecule has 0 saturated heterocycles. The summed E-state index contributed by atoms with van der Waals surface area (Å²) in [5.41, 5.74) is 2.04. The third-order valence-corrected chi connectivity index (χ3v) is 4.01. The smallest absolute Gasteiger partial charge is 0.303 e. The van der Waals surface area contributed by atoms with Crippen LogP contribution in [0.1, 0.15) is 24.2 Å². The van der Waals surface area contributed by atoms with Gasteiger partial charge in [0.25, 0.3) is 0 Å². The highest BCUT2D eigenvalue weighted by atomic mass is 32.2. The molecule has 2 nitrogen and oxygen atoms in total. The van der Waals surface area contributed by atoms with Crippen molar-refractivity contribution in [1.82, 2.24) is 0 Å². The van der Waals surface area contributed by atoms with Gasteiger partial charge in [-0.25, -0.2) is 4.39 Å². The third kappa shape index (κ3) is 5.23. The zero-order chi connectivity index (χ0) is 15.1. The molecule has 4 heteroatoms. The Kier molecular flexibility index (Phi) is 5.81. The van der Waals surface area contributed by atoms with Gasteiger partial charge in [-0.1, -0.05) is 42.5 Å². The van der Waals surface area contributed by atoms with Gasteiger partial charge in [0.2, 0.25) is 0 Å². The molecule has 0 bridgehead atoms. The quantitative estimate of drug-likeness (QED) is 0.742. The van der Waals surface area contributed by atoms with Crippen molar-refractivity contribution >= 4 is 17.7 Å². The zero-order valence-electron chi connectivity index (χ0n) is 11.8. The number of carbonyl (C=O) groups excluding carboxylic acids is 1. The van der Waals surface area contributed by atoms with Crippen LogP contribution in [-0.4, -0.2) is 11.7 Å². The lowest BCUT2D eigenvalue weighted by Gasteiger charge is -2.17. The molecule has 0 aliphatic heterocycles. The maximum absolute atomic E-state index is 13.0. The number of carbonyl (C=O) groups is 1. The number of thioether (sulfide) groups is 1. The lowest BCUT2D eigenvalue weighted by molar-refractivity contribution is -0.145. The molecular formula is C17H17FO2S. The molecule has 2 aromatic rings. The Hall–Kier alpha value is -1.81. The predicted molar refractivity (Wildman–Crippen MR) is 83.5 cm³/mol. The summed E-state index contributed by atoms with van der Waals surface area (Å²) in [6, 6.07) is 16.2. The normalized spacial score (nSPS) is 11.9. The second kappa shape index (κ2) is 7.84. The molecule has 0 aliphatic carbocycles. The molecule has 110 valence electrons. The molecular weight excluding hydrogens is 287 g/mol. The van der Waals surface area contributed by atoms with Gasteiger partial charge >= 0.3 is 5.97 Å². The summed E-state index contributed by atoms with van der Waals surface area (Å²) < 4.78 is 18.3. The molecule has 1 atom stereocenters. The van der Waals surface area contributed by atoms with Gasteiger partial charge in [0.05, 0.1) is 0 Å². The molecule has 0 aromatic heterocycles. The van der Waals surface area contributed by atoms with E-state index in [0.717, 1.165) is 11.3 Å². The zero-order valence-corrected chi connectivity index (χ0v) is 12.6.